The van der Waals surface area contributed by atoms with Crippen molar-refractivity contribution in [3.05, 3.63) is 46.0 Å². The lowest BCUT2D eigenvalue weighted by Gasteiger charge is -2.20. The van der Waals surface area contributed by atoms with Gasteiger partial charge in [-0.05, 0) is 35.9 Å². The van der Waals surface area contributed by atoms with Crippen molar-refractivity contribution in [2.75, 3.05) is 0 Å². The molecule has 1 unspecified atom stereocenters. The summed E-state index contributed by atoms with van der Waals surface area (Å²) in [5.74, 6) is 1.61. The maximum Gasteiger partial charge on any atom is 0.120 e. The highest BCUT2D eigenvalue weighted by Gasteiger charge is 2.16. The molecule has 1 atom stereocenters. The summed E-state index contributed by atoms with van der Waals surface area (Å²) in [6, 6.07) is 6.71. The largest absolute Gasteiger partial charge is 0.468 e. The second-order valence-corrected chi connectivity index (χ2v) is 5.62. The predicted octanol–water partition coefficient (Wildman–Crippen LogP) is 4.14. The summed E-state index contributed by atoms with van der Waals surface area (Å²) in [4.78, 5) is 1.39. The van der Waals surface area contributed by atoms with Gasteiger partial charge in [-0.2, -0.15) is 0 Å². The van der Waals surface area contributed by atoms with Gasteiger partial charge >= 0.3 is 0 Å². The molecule has 0 aliphatic rings. The molecule has 1 N–H and O–H groups in total. The number of hydrogen-bond donors (Lipinski definition) is 1. The Labute approximate surface area is 107 Å². The van der Waals surface area contributed by atoms with Gasteiger partial charge in [-0.3, -0.25) is 0 Å². The monoisotopic (exact) mass is 249 g/mol. The van der Waals surface area contributed by atoms with Crippen LogP contribution < -0.4 is 5.32 Å². The zero-order valence-corrected chi connectivity index (χ0v) is 11.4. The van der Waals surface area contributed by atoms with Crippen molar-refractivity contribution >= 4 is 11.3 Å². The van der Waals surface area contributed by atoms with Crippen LogP contribution in [0.3, 0.4) is 0 Å². The summed E-state index contributed by atoms with van der Waals surface area (Å²) in [6.07, 6.45) is 1.75. The molecule has 2 aromatic rings. The standard InChI is InChI=1S/C14H19NOS/c1-10(2)14(13-5-4-8-17-13)15-9-12-11(3)6-7-16-12/h4-8,10,14-15H,9H2,1-3H3. The minimum absolute atomic E-state index is 0.402. The van der Waals surface area contributed by atoms with Crippen molar-refractivity contribution in [1.82, 2.24) is 5.32 Å². The molecule has 0 bridgehead atoms. The summed E-state index contributed by atoms with van der Waals surface area (Å²) in [6.45, 7) is 7.36. The molecule has 3 heteroatoms. The van der Waals surface area contributed by atoms with Gasteiger partial charge in [-0.1, -0.05) is 19.9 Å². The van der Waals surface area contributed by atoms with Gasteiger partial charge in [0.05, 0.1) is 12.8 Å². The van der Waals surface area contributed by atoms with E-state index in [1.165, 1.54) is 10.4 Å². The number of furan rings is 1. The Morgan fingerprint density at radius 2 is 2.18 bits per heavy atom. The Morgan fingerprint density at radius 3 is 2.71 bits per heavy atom. The summed E-state index contributed by atoms with van der Waals surface area (Å²) < 4.78 is 5.45. The first-order chi connectivity index (χ1) is 8.18. The number of aryl methyl sites for hydroxylation is 1. The van der Waals surface area contributed by atoms with E-state index in [1.54, 1.807) is 6.26 Å². The predicted molar refractivity (Wildman–Crippen MR) is 72.2 cm³/mol. The van der Waals surface area contributed by atoms with Crippen molar-refractivity contribution in [2.45, 2.75) is 33.4 Å². The van der Waals surface area contributed by atoms with Gasteiger partial charge in [0, 0.05) is 10.9 Å². The van der Waals surface area contributed by atoms with Gasteiger partial charge < -0.3 is 9.73 Å². The average Bonchev–Trinajstić information content (AvgIpc) is 2.91. The summed E-state index contributed by atoms with van der Waals surface area (Å²) in [5, 5.41) is 5.71. The first-order valence-electron chi connectivity index (χ1n) is 5.98. The van der Waals surface area contributed by atoms with Gasteiger partial charge in [0.2, 0.25) is 0 Å². The smallest absolute Gasteiger partial charge is 0.120 e. The first kappa shape index (κ1) is 12.4. The van der Waals surface area contributed by atoms with Crippen molar-refractivity contribution in [3.8, 4) is 0 Å². The van der Waals surface area contributed by atoms with Crippen LogP contribution in [0, 0.1) is 12.8 Å². The first-order valence-corrected chi connectivity index (χ1v) is 6.86. The number of rotatable bonds is 5. The Morgan fingerprint density at radius 1 is 1.35 bits per heavy atom. The fourth-order valence-corrected chi connectivity index (χ4v) is 2.89. The lowest BCUT2D eigenvalue weighted by Crippen LogP contribution is -2.24. The molecule has 0 aliphatic carbocycles. The molecule has 2 heterocycles. The summed E-state index contributed by atoms with van der Waals surface area (Å²) >= 11 is 1.81. The molecule has 0 spiro atoms. The van der Waals surface area contributed by atoms with Crippen LogP contribution in [0.5, 0.6) is 0 Å². The molecular weight excluding hydrogens is 230 g/mol. The summed E-state index contributed by atoms with van der Waals surface area (Å²) in [5.41, 5.74) is 1.21. The maximum atomic E-state index is 5.45. The number of hydrogen-bond acceptors (Lipinski definition) is 3. The molecule has 92 valence electrons. The van der Waals surface area contributed by atoms with Crippen molar-refractivity contribution in [2.24, 2.45) is 5.92 Å². The van der Waals surface area contributed by atoms with E-state index in [0.29, 0.717) is 12.0 Å². The SMILES string of the molecule is Cc1ccoc1CNC(c1cccs1)C(C)C. The molecule has 0 radical (unpaired) electrons. The van der Waals surface area contributed by atoms with Crippen LogP contribution in [-0.2, 0) is 6.54 Å². The average molecular weight is 249 g/mol. The second-order valence-electron chi connectivity index (χ2n) is 4.64. The Balaban J connectivity index is 2.02. The van der Waals surface area contributed by atoms with Crippen LogP contribution >= 0.6 is 11.3 Å². The third-order valence-corrected chi connectivity index (χ3v) is 3.92. The molecule has 0 saturated heterocycles. The topological polar surface area (TPSA) is 25.2 Å². The Hall–Kier alpha value is -1.06. The third kappa shape index (κ3) is 2.99. The Bertz CT molecular complexity index is 444. The highest BCUT2D eigenvalue weighted by Crippen LogP contribution is 2.26. The van der Waals surface area contributed by atoms with Crippen LogP contribution in [0.1, 0.15) is 36.1 Å². The van der Waals surface area contributed by atoms with Crippen LogP contribution in [0.2, 0.25) is 0 Å². The zero-order chi connectivity index (χ0) is 12.3. The van der Waals surface area contributed by atoms with Crippen LogP contribution in [0.25, 0.3) is 0 Å². The van der Waals surface area contributed by atoms with Crippen LogP contribution in [-0.4, -0.2) is 0 Å². The molecule has 0 amide bonds. The van der Waals surface area contributed by atoms with Crippen molar-refractivity contribution < 1.29 is 4.42 Å². The summed E-state index contributed by atoms with van der Waals surface area (Å²) in [7, 11) is 0. The van der Waals surface area contributed by atoms with Gasteiger partial charge in [0.25, 0.3) is 0 Å². The van der Waals surface area contributed by atoms with Crippen LogP contribution in [0.4, 0.5) is 0 Å². The van der Waals surface area contributed by atoms with Crippen molar-refractivity contribution in [1.29, 1.82) is 0 Å². The molecule has 0 aromatic carbocycles. The third-order valence-electron chi connectivity index (χ3n) is 2.97. The highest BCUT2D eigenvalue weighted by molar-refractivity contribution is 7.10. The number of thiophene rings is 1. The molecule has 0 aliphatic heterocycles. The normalized spacial score (nSPS) is 13.2. The quantitative estimate of drug-likeness (QED) is 0.861. The van der Waals surface area contributed by atoms with Gasteiger partial charge in [-0.15, -0.1) is 11.3 Å². The molecular formula is C14H19NOS. The van der Waals surface area contributed by atoms with E-state index in [1.807, 2.05) is 17.4 Å². The lowest BCUT2D eigenvalue weighted by atomic mass is 10.0. The molecule has 2 rings (SSSR count). The van der Waals surface area contributed by atoms with E-state index in [-0.39, 0.29) is 0 Å². The molecule has 0 saturated carbocycles. The highest BCUT2D eigenvalue weighted by atomic mass is 32.1. The van der Waals surface area contributed by atoms with Gasteiger partial charge in [0.15, 0.2) is 0 Å². The minimum atomic E-state index is 0.402. The van der Waals surface area contributed by atoms with E-state index >= 15 is 0 Å². The van der Waals surface area contributed by atoms with Crippen molar-refractivity contribution in [3.63, 3.8) is 0 Å². The fraction of sp³-hybridized carbons (Fsp3) is 0.429. The molecule has 0 fully saturated rings. The van der Waals surface area contributed by atoms with E-state index in [9.17, 15) is 0 Å². The molecule has 17 heavy (non-hydrogen) atoms. The van der Waals surface area contributed by atoms with E-state index < -0.39 is 0 Å². The fourth-order valence-electron chi connectivity index (χ4n) is 1.92. The Kier molecular flexibility index (Phi) is 4.02. The maximum absolute atomic E-state index is 5.45. The van der Waals surface area contributed by atoms with E-state index in [0.717, 1.165) is 12.3 Å². The van der Waals surface area contributed by atoms with Gasteiger partial charge in [-0.25, -0.2) is 0 Å². The molecule has 2 aromatic heterocycles. The van der Waals surface area contributed by atoms with Gasteiger partial charge in [0.1, 0.15) is 5.76 Å². The zero-order valence-electron chi connectivity index (χ0n) is 10.6. The lowest BCUT2D eigenvalue weighted by molar-refractivity contribution is 0.387. The minimum Gasteiger partial charge on any atom is -0.468 e. The number of nitrogens with one attached hydrogen (secondary N) is 1. The molecule has 2 nitrogen and oxygen atoms in total. The van der Waals surface area contributed by atoms with Crippen LogP contribution in [0.15, 0.2) is 34.3 Å². The van der Waals surface area contributed by atoms with E-state index in [2.05, 4.69) is 43.6 Å². The van der Waals surface area contributed by atoms with E-state index in [4.69, 9.17) is 4.42 Å². The second kappa shape index (κ2) is 5.52.